The Morgan fingerprint density at radius 3 is 2.94 bits per heavy atom. The van der Waals surface area contributed by atoms with Crippen LogP contribution in [0.5, 0.6) is 5.75 Å². The number of benzene rings is 1. The maximum absolute atomic E-state index is 11.3. The molecule has 0 atom stereocenters. The lowest BCUT2D eigenvalue weighted by Crippen LogP contribution is -2.29. The highest BCUT2D eigenvalue weighted by atomic mass is 16.5. The van der Waals surface area contributed by atoms with Crippen molar-refractivity contribution >= 4 is 11.6 Å². The van der Waals surface area contributed by atoms with Crippen LogP contribution in [0.3, 0.4) is 0 Å². The number of ether oxygens (including phenoxy) is 1. The highest BCUT2D eigenvalue weighted by Crippen LogP contribution is 2.21. The second-order valence-corrected chi connectivity index (χ2v) is 3.68. The Morgan fingerprint density at radius 2 is 2.25 bits per heavy atom. The normalized spacial score (nSPS) is 9.88. The van der Waals surface area contributed by atoms with Gasteiger partial charge in [0.05, 0.1) is 5.69 Å². The molecule has 1 amide bonds. The Balaban J connectivity index is 2.47. The SMILES string of the molecule is CCCNC(=O)COc1cc(C)ccc1N. The fourth-order valence-corrected chi connectivity index (χ4v) is 1.23. The Kier molecular flexibility index (Phi) is 4.64. The average molecular weight is 222 g/mol. The monoisotopic (exact) mass is 222 g/mol. The van der Waals surface area contributed by atoms with Crippen LogP contribution in [0.2, 0.25) is 0 Å². The molecule has 4 heteroatoms. The molecule has 0 aliphatic rings. The van der Waals surface area contributed by atoms with Crippen LogP contribution in [0.4, 0.5) is 5.69 Å². The van der Waals surface area contributed by atoms with E-state index in [1.54, 1.807) is 6.07 Å². The number of hydrogen-bond acceptors (Lipinski definition) is 3. The molecule has 16 heavy (non-hydrogen) atoms. The van der Waals surface area contributed by atoms with Crippen molar-refractivity contribution in [1.82, 2.24) is 5.32 Å². The molecule has 0 aliphatic heterocycles. The first-order valence-electron chi connectivity index (χ1n) is 5.39. The highest BCUT2D eigenvalue weighted by molar-refractivity contribution is 5.77. The minimum Gasteiger partial charge on any atom is -0.482 e. The third kappa shape index (κ3) is 3.81. The van der Waals surface area contributed by atoms with E-state index in [1.165, 1.54) is 0 Å². The van der Waals surface area contributed by atoms with Gasteiger partial charge in [-0.1, -0.05) is 13.0 Å². The number of nitrogens with one attached hydrogen (secondary N) is 1. The molecule has 0 unspecified atom stereocenters. The van der Waals surface area contributed by atoms with Gasteiger partial charge < -0.3 is 15.8 Å². The number of hydrogen-bond donors (Lipinski definition) is 2. The van der Waals surface area contributed by atoms with Crippen molar-refractivity contribution in [3.8, 4) is 5.75 Å². The smallest absolute Gasteiger partial charge is 0.257 e. The van der Waals surface area contributed by atoms with Crippen LogP contribution in [0.1, 0.15) is 18.9 Å². The zero-order chi connectivity index (χ0) is 12.0. The van der Waals surface area contributed by atoms with E-state index in [1.807, 2.05) is 26.0 Å². The number of rotatable bonds is 5. The zero-order valence-electron chi connectivity index (χ0n) is 9.75. The Bertz CT molecular complexity index is 364. The number of carbonyl (C=O) groups excluding carboxylic acids is 1. The van der Waals surface area contributed by atoms with Crippen molar-refractivity contribution in [3.05, 3.63) is 23.8 Å². The van der Waals surface area contributed by atoms with Gasteiger partial charge in [-0.25, -0.2) is 0 Å². The zero-order valence-corrected chi connectivity index (χ0v) is 9.75. The first kappa shape index (κ1) is 12.4. The van der Waals surface area contributed by atoms with Crippen LogP contribution in [-0.4, -0.2) is 19.1 Å². The molecule has 0 fully saturated rings. The van der Waals surface area contributed by atoms with Crippen LogP contribution >= 0.6 is 0 Å². The molecule has 88 valence electrons. The molecule has 0 saturated carbocycles. The topological polar surface area (TPSA) is 64.3 Å². The molecule has 1 rings (SSSR count). The summed E-state index contributed by atoms with van der Waals surface area (Å²) in [4.78, 5) is 11.3. The van der Waals surface area contributed by atoms with Gasteiger partial charge in [-0.05, 0) is 31.0 Å². The summed E-state index contributed by atoms with van der Waals surface area (Å²) < 4.78 is 5.34. The minimum absolute atomic E-state index is 0.00759. The third-order valence-electron chi connectivity index (χ3n) is 2.10. The summed E-state index contributed by atoms with van der Waals surface area (Å²) in [6, 6.07) is 5.50. The van der Waals surface area contributed by atoms with E-state index in [9.17, 15) is 4.79 Å². The molecule has 0 bridgehead atoms. The number of carbonyl (C=O) groups is 1. The van der Waals surface area contributed by atoms with Crippen LogP contribution in [0, 0.1) is 6.92 Å². The predicted octanol–water partition coefficient (Wildman–Crippen LogP) is 1.48. The third-order valence-corrected chi connectivity index (χ3v) is 2.10. The number of aryl methyl sites for hydroxylation is 1. The van der Waals surface area contributed by atoms with Gasteiger partial charge in [-0.2, -0.15) is 0 Å². The standard InChI is InChI=1S/C12H18N2O2/c1-3-6-14-12(15)8-16-11-7-9(2)4-5-10(11)13/h4-5,7H,3,6,8,13H2,1-2H3,(H,14,15). The van der Waals surface area contributed by atoms with E-state index in [0.29, 0.717) is 18.0 Å². The summed E-state index contributed by atoms with van der Waals surface area (Å²) in [5.74, 6) is 0.439. The molecule has 0 aromatic heterocycles. The number of nitrogen functional groups attached to an aromatic ring is 1. The molecular formula is C12H18N2O2. The Hall–Kier alpha value is -1.71. The predicted molar refractivity (Wildman–Crippen MR) is 64.4 cm³/mol. The molecule has 0 spiro atoms. The molecule has 0 radical (unpaired) electrons. The number of amides is 1. The molecule has 3 N–H and O–H groups in total. The van der Waals surface area contributed by atoms with Gasteiger partial charge in [0.15, 0.2) is 6.61 Å². The summed E-state index contributed by atoms with van der Waals surface area (Å²) in [7, 11) is 0. The summed E-state index contributed by atoms with van der Waals surface area (Å²) >= 11 is 0. The lowest BCUT2D eigenvalue weighted by molar-refractivity contribution is -0.123. The summed E-state index contributed by atoms with van der Waals surface area (Å²) in [6.45, 7) is 4.63. The maximum Gasteiger partial charge on any atom is 0.257 e. The van der Waals surface area contributed by atoms with Gasteiger partial charge in [-0.15, -0.1) is 0 Å². The van der Waals surface area contributed by atoms with Crippen molar-refractivity contribution in [1.29, 1.82) is 0 Å². The molecule has 0 saturated heterocycles. The highest BCUT2D eigenvalue weighted by Gasteiger charge is 2.04. The van der Waals surface area contributed by atoms with Crippen LogP contribution in [-0.2, 0) is 4.79 Å². The van der Waals surface area contributed by atoms with E-state index < -0.39 is 0 Å². The van der Waals surface area contributed by atoms with Crippen molar-refractivity contribution in [3.63, 3.8) is 0 Å². The molecule has 0 aliphatic carbocycles. The van der Waals surface area contributed by atoms with E-state index in [-0.39, 0.29) is 12.5 Å². The minimum atomic E-state index is -0.122. The van der Waals surface area contributed by atoms with Gasteiger partial charge in [-0.3, -0.25) is 4.79 Å². The fourth-order valence-electron chi connectivity index (χ4n) is 1.23. The second-order valence-electron chi connectivity index (χ2n) is 3.68. The van der Waals surface area contributed by atoms with Crippen LogP contribution in [0.25, 0.3) is 0 Å². The largest absolute Gasteiger partial charge is 0.482 e. The molecule has 4 nitrogen and oxygen atoms in total. The lowest BCUT2D eigenvalue weighted by Gasteiger charge is -2.09. The maximum atomic E-state index is 11.3. The molecular weight excluding hydrogens is 204 g/mol. The fraction of sp³-hybridized carbons (Fsp3) is 0.417. The van der Waals surface area contributed by atoms with Gasteiger partial charge in [0.1, 0.15) is 5.75 Å². The number of nitrogens with two attached hydrogens (primary N) is 1. The van der Waals surface area contributed by atoms with E-state index in [4.69, 9.17) is 10.5 Å². The summed E-state index contributed by atoms with van der Waals surface area (Å²) in [6.07, 6.45) is 0.915. The number of anilines is 1. The van der Waals surface area contributed by atoms with Gasteiger partial charge in [0.25, 0.3) is 5.91 Å². The van der Waals surface area contributed by atoms with Gasteiger partial charge in [0, 0.05) is 6.54 Å². The van der Waals surface area contributed by atoms with E-state index in [2.05, 4.69) is 5.32 Å². The van der Waals surface area contributed by atoms with Crippen molar-refractivity contribution in [2.45, 2.75) is 20.3 Å². The Labute approximate surface area is 95.8 Å². The van der Waals surface area contributed by atoms with Crippen molar-refractivity contribution in [2.24, 2.45) is 0 Å². The van der Waals surface area contributed by atoms with E-state index in [0.717, 1.165) is 12.0 Å². The first-order valence-corrected chi connectivity index (χ1v) is 5.39. The van der Waals surface area contributed by atoms with Crippen LogP contribution in [0.15, 0.2) is 18.2 Å². The second kappa shape index (κ2) is 6.00. The summed E-state index contributed by atoms with van der Waals surface area (Å²) in [5.41, 5.74) is 7.32. The van der Waals surface area contributed by atoms with Gasteiger partial charge in [0.2, 0.25) is 0 Å². The quantitative estimate of drug-likeness (QED) is 0.742. The molecule has 1 aromatic carbocycles. The lowest BCUT2D eigenvalue weighted by atomic mass is 10.2. The van der Waals surface area contributed by atoms with Crippen LogP contribution < -0.4 is 15.8 Å². The first-order chi connectivity index (χ1) is 7.63. The van der Waals surface area contributed by atoms with Crippen molar-refractivity contribution in [2.75, 3.05) is 18.9 Å². The molecule has 0 heterocycles. The Morgan fingerprint density at radius 1 is 1.50 bits per heavy atom. The average Bonchev–Trinajstić information content (AvgIpc) is 2.27. The summed E-state index contributed by atoms with van der Waals surface area (Å²) in [5, 5.41) is 2.73. The molecule has 1 aromatic rings. The van der Waals surface area contributed by atoms with E-state index >= 15 is 0 Å². The van der Waals surface area contributed by atoms with Crippen molar-refractivity contribution < 1.29 is 9.53 Å². The van der Waals surface area contributed by atoms with Gasteiger partial charge >= 0.3 is 0 Å².